The van der Waals surface area contributed by atoms with Crippen LogP contribution in [0.2, 0.25) is 0 Å². The molecule has 0 aromatic heterocycles. The van der Waals surface area contributed by atoms with Gasteiger partial charge in [0.05, 0.1) is 12.9 Å². The molecule has 1 N–H and O–H groups in total. The van der Waals surface area contributed by atoms with Crippen molar-refractivity contribution in [1.29, 1.82) is 0 Å². The Balaban J connectivity index is 1.88. The Hall–Kier alpha value is -1.60. The molecule has 0 saturated carbocycles. The summed E-state index contributed by atoms with van der Waals surface area (Å²) in [6.45, 7) is 1.09. The van der Waals surface area contributed by atoms with Crippen molar-refractivity contribution < 1.29 is 17.9 Å². The quantitative estimate of drug-likeness (QED) is 0.861. The van der Waals surface area contributed by atoms with Crippen molar-refractivity contribution in [2.24, 2.45) is 5.92 Å². The molecule has 122 valence electrons. The van der Waals surface area contributed by atoms with E-state index < -0.39 is 10.0 Å². The Morgan fingerprint density at radius 2 is 2.14 bits per heavy atom. The number of ether oxygens (including phenoxy) is 1. The zero-order chi connectivity index (χ0) is 16.2. The van der Waals surface area contributed by atoms with Crippen LogP contribution in [0, 0.1) is 5.92 Å². The van der Waals surface area contributed by atoms with Gasteiger partial charge in [-0.1, -0.05) is 18.2 Å². The Morgan fingerprint density at radius 3 is 2.86 bits per heavy atom. The Morgan fingerprint density at radius 1 is 1.41 bits per heavy atom. The monoisotopic (exact) mass is 326 g/mol. The predicted octanol–water partition coefficient (Wildman–Crippen LogP) is 0.635. The van der Waals surface area contributed by atoms with Gasteiger partial charge in [-0.05, 0) is 24.5 Å². The van der Waals surface area contributed by atoms with Crippen molar-refractivity contribution in [3.63, 3.8) is 0 Å². The number of para-hydroxylation sites is 1. The largest absolute Gasteiger partial charge is 0.493 e. The molecule has 0 bridgehead atoms. The number of carbonyl (C=O) groups excluding carboxylic acids is 1. The second-order valence-corrected chi connectivity index (χ2v) is 7.61. The van der Waals surface area contributed by atoms with Gasteiger partial charge in [0, 0.05) is 26.1 Å². The van der Waals surface area contributed by atoms with Crippen molar-refractivity contribution in [1.82, 2.24) is 9.62 Å². The number of carbonyl (C=O) groups is 1. The Labute approximate surface area is 131 Å². The van der Waals surface area contributed by atoms with Crippen LogP contribution in [0.3, 0.4) is 0 Å². The first-order chi connectivity index (χ1) is 10.4. The molecular formula is C15H22N2O4S. The first-order valence-corrected chi connectivity index (χ1v) is 9.12. The minimum atomic E-state index is -3.21. The van der Waals surface area contributed by atoms with E-state index in [2.05, 4.69) is 5.32 Å². The van der Waals surface area contributed by atoms with Crippen LogP contribution < -0.4 is 10.1 Å². The summed E-state index contributed by atoms with van der Waals surface area (Å²) < 4.78 is 29.4. The Kier molecular flexibility index (Phi) is 5.42. The lowest BCUT2D eigenvalue weighted by Crippen LogP contribution is -2.38. The van der Waals surface area contributed by atoms with Gasteiger partial charge in [0.1, 0.15) is 5.75 Å². The Bertz CT molecular complexity index is 630. The van der Waals surface area contributed by atoms with Gasteiger partial charge < -0.3 is 10.1 Å². The minimum absolute atomic E-state index is 0.0535. The van der Waals surface area contributed by atoms with Crippen molar-refractivity contribution in [3.8, 4) is 5.75 Å². The van der Waals surface area contributed by atoms with Crippen molar-refractivity contribution in [3.05, 3.63) is 29.8 Å². The van der Waals surface area contributed by atoms with E-state index in [0.29, 0.717) is 26.0 Å². The number of hydrogen-bond donors (Lipinski definition) is 1. The fourth-order valence-electron chi connectivity index (χ4n) is 2.36. The molecule has 0 aliphatic carbocycles. The van der Waals surface area contributed by atoms with Crippen LogP contribution >= 0.6 is 0 Å². The number of nitrogens with one attached hydrogen (secondary N) is 1. The molecule has 1 heterocycles. The molecule has 0 spiro atoms. The highest BCUT2D eigenvalue weighted by Gasteiger charge is 2.23. The number of likely N-dealkylation sites (N-methyl/N-ethyl adjacent to an activating group) is 1. The molecule has 22 heavy (non-hydrogen) atoms. The van der Waals surface area contributed by atoms with Crippen LogP contribution in [-0.2, 0) is 21.2 Å². The number of amides is 1. The fourth-order valence-corrected chi connectivity index (χ4v) is 2.79. The molecule has 0 radical (unpaired) electrons. The molecule has 1 amide bonds. The highest BCUT2D eigenvalue weighted by Crippen LogP contribution is 2.26. The van der Waals surface area contributed by atoms with Gasteiger partial charge in [-0.25, -0.2) is 12.7 Å². The van der Waals surface area contributed by atoms with Gasteiger partial charge in [0.25, 0.3) is 0 Å². The standard InChI is InChI=1S/C15H22N2O4S/c1-17(22(2,19)20)9-8-16-15(18)13-7-10-21-14-6-4-3-5-12(14)11-13/h3-6,13H,7-11H2,1-2H3,(H,16,18)/t13-/m0/s1. The molecule has 1 aromatic carbocycles. The molecule has 0 saturated heterocycles. The smallest absolute Gasteiger partial charge is 0.223 e. The third-order valence-corrected chi connectivity index (χ3v) is 5.14. The van der Waals surface area contributed by atoms with Gasteiger partial charge in [0.2, 0.25) is 15.9 Å². The fraction of sp³-hybridized carbons (Fsp3) is 0.533. The number of sulfonamides is 1. The van der Waals surface area contributed by atoms with Gasteiger partial charge in [0.15, 0.2) is 0 Å². The maximum absolute atomic E-state index is 12.3. The summed E-state index contributed by atoms with van der Waals surface area (Å²) in [4.78, 5) is 12.3. The SMILES string of the molecule is CN(CCNC(=O)[C@H]1CCOc2ccccc2C1)S(C)(=O)=O. The molecule has 0 fully saturated rings. The number of hydrogen-bond acceptors (Lipinski definition) is 4. The number of rotatable bonds is 5. The maximum Gasteiger partial charge on any atom is 0.223 e. The average Bonchev–Trinajstić information content (AvgIpc) is 2.68. The zero-order valence-corrected chi connectivity index (χ0v) is 13.7. The maximum atomic E-state index is 12.3. The molecule has 2 rings (SSSR count). The topological polar surface area (TPSA) is 75.7 Å². The summed E-state index contributed by atoms with van der Waals surface area (Å²) in [5.74, 6) is 0.643. The summed E-state index contributed by atoms with van der Waals surface area (Å²) in [6, 6.07) is 7.73. The molecule has 6 nitrogen and oxygen atoms in total. The molecule has 0 unspecified atom stereocenters. The molecule has 1 atom stereocenters. The van der Waals surface area contributed by atoms with Crippen LogP contribution in [-0.4, -0.2) is 51.6 Å². The normalized spacial score (nSPS) is 18.2. The van der Waals surface area contributed by atoms with E-state index in [9.17, 15) is 13.2 Å². The second kappa shape index (κ2) is 7.11. The van der Waals surface area contributed by atoms with Crippen LogP contribution in [0.1, 0.15) is 12.0 Å². The van der Waals surface area contributed by atoms with E-state index in [4.69, 9.17) is 4.74 Å². The average molecular weight is 326 g/mol. The number of nitrogens with zero attached hydrogens (tertiary/aromatic N) is 1. The number of benzene rings is 1. The second-order valence-electron chi connectivity index (χ2n) is 5.52. The summed E-state index contributed by atoms with van der Waals surface area (Å²) in [7, 11) is -1.71. The molecule has 7 heteroatoms. The van der Waals surface area contributed by atoms with E-state index in [0.717, 1.165) is 17.6 Å². The van der Waals surface area contributed by atoms with Crippen LogP contribution in [0.25, 0.3) is 0 Å². The van der Waals surface area contributed by atoms with Crippen molar-refractivity contribution in [2.75, 3.05) is 33.0 Å². The third kappa shape index (κ3) is 4.45. The first kappa shape index (κ1) is 16.8. The van der Waals surface area contributed by atoms with Crippen LogP contribution in [0.15, 0.2) is 24.3 Å². The molecule has 1 aromatic rings. The summed E-state index contributed by atoms with van der Waals surface area (Å²) >= 11 is 0. The van der Waals surface area contributed by atoms with Gasteiger partial charge in [-0.2, -0.15) is 0 Å². The lowest BCUT2D eigenvalue weighted by molar-refractivity contribution is -0.125. The van der Waals surface area contributed by atoms with E-state index in [1.165, 1.54) is 11.4 Å². The van der Waals surface area contributed by atoms with Gasteiger partial charge in [-0.3, -0.25) is 4.79 Å². The van der Waals surface area contributed by atoms with Crippen LogP contribution in [0.4, 0.5) is 0 Å². The third-order valence-electron chi connectivity index (χ3n) is 3.83. The lowest BCUT2D eigenvalue weighted by atomic mass is 9.96. The van der Waals surface area contributed by atoms with Crippen molar-refractivity contribution >= 4 is 15.9 Å². The molecule has 1 aliphatic rings. The van der Waals surface area contributed by atoms with E-state index in [1.54, 1.807) is 0 Å². The summed E-state index contributed by atoms with van der Waals surface area (Å²) in [6.07, 6.45) is 2.45. The molecular weight excluding hydrogens is 304 g/mol. The van der Waals surface area contributed by atoms with Crippen LogP contribution in [0.5, 0.6) is 5.75 Å². The van der Waals surface area contributed by atoms with Gasteiger partial charge >= 0.3 is 0 Å². The lowest BCUT2D eigenvalue weighted by Gasteiger charge is -2.17. The summed E-state index contributed by atoms with van der Waals surface area (Å²) in [5, 5.41) is 2.81. The van der Waals surface area contributed by atoms with E-state index in [-0.39, 0.29) is 18.4 Å². The highest BCUT2D eigenvalue weighted by molar-refractivity contribution is 7.88. The minimum Gasteiger partial charge on any atom is -0.493 e. The molecule has 1 aliphatic heterocycles. The van der Waals surface area contributed by atoms with E-state index >= 15 is 0 Å². The first-order valence-electron chi connectivity index (χ1n) is 7.27. The predicted molar refractivity (Wildman–Crippen MR) is 84.2 cm³/mol. The van der Waals surface area contributed by atoms with E-state index in [1.807, 2.05) is 24.3 Å². The van der Waals surface area contributed by atoms with Gasteiger partial charge in [-0.15, -0.1) is 0 Å². The zero-order valence-electron chi connectivity index (χ0n) is 12.9. The number of fused-ring (bicyclic) bond motifs is 1. The summed E-state index contributed by atoms with van der Waals surface area (Å²) in [5.41, 5.74) is 1.04. The highest BCUT2D eigenvalue weighted by atomic mass is 32.2. The van der Waals surface area contributed by atoms with Crippen molar-refractivity contribution in [2.45, 2.75) is 12.8 Å².